The van der Waals surface area contributed by atoms with Gasteiger partial charge < -0.3 is 15.2 Å². The summed E-state index contributed by atoms with van der Waals surface area (Å²) in [5.41, 5.74) is -0.424. The van der Waals surface area contributed by atoms with Crippen molar-refractivity contribution in [3.63, 3.8) is 0 Å². The van der Waals surface area contributed by atoms with Gasteiger partial charge in [0.25, 0.3) is 5.91 Å². The Morgan fingerprint density at radius 3 is 2.42 bits per heavy atom. The van der Waals surface area contributed by atoms with Crippen LogP contribution in [0.4, 0.5) is 0 Å². The molecule has 2 N–H and O–H groups in total. The molecule has 6 heteroatoms. The number of rotatable bonds is 5. The van der Waals surface area contributed by atoms with Gasteiger partial charge in [0.15, 0.2) is 0 Å². The van der Waals surface area contributed by atoms with Crippen LogP contribution in [0.2, 0.25) is 0 Å². The predicted molar refractivity (Wildman–Crippen MR) is 64.6 cm³/mol. The number of amides is 1. The van der Waals surface area contributed by atoms with E-state index in [4.69, 9.17) is 19.0 Å². The lowest BCUT2D eigenvalue weighted by Crippen LogP contribution is -2.25. The van der Waals surface area contributed by atoms with Crippen LogP contribution in [0.25, 0.3) is 0 Å². The number of carbonyl (C=O) groups excluding carboxylic acids is 2. The lowest BCUT2D eigenvalue weighted by atomic mass is 10.0. The van der Waals surface area contributed by atoms with Crippen molar-refractivity contribution in [3.05, 3.63) is 48.7 Å². The molecule has 0 atom stereocenters. The number of carbonyl (C=O) groups is 3. The maximum absolute atomic E-state index is 11.6. The van der Waals surface area contributed by atoms with Gasteiger partial charge in [0.05, 0.1) is 23.3 Å². The molecule has 0 unspecified atom stereocenters. The highest BCUT2D eigenvalue weighted by molar-refractivity contribution is 6.06. The van der Waals surface area contributed by atoms with Crippen LogP contribution in [0.1, 0.15) is 31.1 Å². The fraction of sp³-hybridized carbons (Fsp3) is 0.154. The standard InChI is InChI=1S/C13H11NO5/c1-3-14-11(15)9-6-5-8(13(18)19-4-2)7-10(9)12(16)17/h1-2,5-7H,3-4H2,(H,14,15)(H,16,17). The van der Waals surface area contributed by atoms with Crippen LogP contribution in [-0.2, 0) is 4.74 Å². The number of carboxylic acids is 1. The lowest BCUT2D eigenvalue weighted by Gasteiger charge is -2.08. The highest BCUT2D eigenvalue weighted by atomic mass is 16.5. The van der Waals surface area contributed by atoms with Gasteiger partial charge in [-0.1, -0.05) is 0 Å². The Hall–Kier alpha value is -2.37. The Bertz CT molecular complexity index is 510. The molecule has 0 aliphatic heterocycles. The van der Waals surface area contributed by atoms with Crippen LogP contribution in [0, 0.1) is 13.8 Å². The van der Waals surface area contributed by atoms with Gasteiger partial charge in [0.2, 0.25) is 0 Å². The molecular weight excluding hydrogens is 250 g/mol. The van der Waals surface area contributed by atoms with Crippen LogP contribution in [0.15, 0.2) is 18.2 Å². The van der Waals surface area contributed by atoms with Crippen molar-refractivity contribution >= 4 is 17.8 Å². The van der Waals surface area contributed by atoms with E-state index < -0.39 is 17.8 Å². The van der Waals surface area contributed by atoms with E-state index in [2.05, 4.69) is 10.1 Å². The highest BCUT2D eigenvalue weighted by Gasteiger charge is 2.19. The second-order valence-electron chi connectivity index (χ2n) is 3.37. The quantitative estimate of drug-likeness (QED) is 0.761. The molecule has 0 aromatic heterocycles. The maximum atomic E-state index is 11.6. The number of hydrogen-bond donors (Lipinski definition) is 2. The third-order valence-electron chi connectivity index (χ3n) is 2.21. The molecule has 1 aromatic carbocycles. The van der Waals surface area contributed by atoms with Crippen molar-refractivity contribution in [1.82, 2.24) is 5.32 Å². The van der Waals surface area contributed by atoms with Gasteiger partial charge in [-0.05, 0) is 25.1 Å². The fourth-order valence-electron chi connectivity index (χ4n) is 1.39. The predicted octanol–water partition coefficient (Wildman–Crippen LogP) is 0.694. The number of ether oxygens (including phenoxy) is 1. The van der Waals surface area contributed by atoms with Crippen LogP contribution < -0.4 is 5.32 Å². The zero-order valence-electron chi connectivity index (χ0n) is 9.88. The number of nitrogens with one attached hydrogen (secondary N) is 1. The molecule has 0 fully saturated rings. The summed E-state index contributed by atoms with van der Waals surface area (Å²) >= 11 is 0. The second kappa shape index (κ2) is 6.53. The summed E-state index contributed by atoms with van der Waals surface area (Å²) in [4.78, 5) is 34.1. The first kappa shape index (κ1) is 14.7. The van der Waals surface area contributed by atoms with Gasteiger partial charge in [-0.3, -0.25) is 4.79 Å². The molecule has 0 saturated heterocycles. The molecule has 1 amide bonds. The molecule has 6 nitrogen and oxygen atoms in total. The average Bonchev–Trinajstić information content (AvgIpc) is 2.38. The normalized spacial score (nSPS) is 9.79. The Labute approximate surface area is 110 Å². The molecule has 4 radical (unpaired) electrons. The molecule has 1 aromatic rings. The SMILES string of the molecule is [CH]CNC(=O)c1ccc(C(=O)OC[CH])cc1C(=O)O. The molecule has 0 saturated carbocycles. The summed E-state index contributed by atoms with van der Waals surface area (Å²) in [6.07, 6.45) is 0. The second-order valence-corrected chi connectivity index (χ2v) is 3.37. The molecular formula is C13H11NO5. The Kier molecular flexibility index (Phi) is 5.05. The fourth-order valence-corrected chi connectivity index (χ4v) is 1.39. The minimum Gasteiger partial charge on any atom is -0.478 e. The first-order valence-corrected chi connectivity index (χ1v) is 5.24. The zero-order valence-corrected chi connectivity index (χ0v) is 9.88. The molecule has 0 heterocycles. The van der Waals surface area contributed by atoms with Gasteiger partial charge in [0, 0.05) is 13.5 Å². The van der Waals surface area contributed by atoms with Gasteiger partial charge in [-0.25, -0.2) is 9.59 Å². The third kappa shape index (κ3) is 3.54. The largest absolute Gasteiger partial charge is 0.478 e. The van der Waals surface area contributed by atoms with Crippen LogP contribution in [0.3, 0.4) is 0 Å². The smallest absolute Gasteiger partial charge is 0.338 e. The summed E-state index contributed by atoms with van der Waals surface area (Å²) in [5, 5.41) is 11.3. The Balaban J connectivity index is 3.18. The van der Waals surface area contributed by atoms with Gasteiger partial charge in [-0.2, -0.15) is 0 Å². The summed E-state index contributed by atoms with van der Waals surface area (Å²) < 4.78 is 4.54. The molecule has 19 heavy (non-hydrogen) atoms. The summed E-state index contributed by atoms with van der Waals surface area (Å²) in [6, 6.07) is 3.53. The maximum Gasteiger partial charge on any atom is 0.338 e. The van der Waals surface area contributed by atoms with E-state index in [0.29, 0.717) is 0 Å². The number of benzene rings is 1. The van der Waals surface area contributed by atoms with E-state index in [1.807, 2.05) is 0 Å². The molecule has 0 aliphatic rings. The number of aromatic carboxylic acids is 1. The minimum absolute atomic E-state index is 0.00727. The number of carboxylic acid groups (broad SMARTS) is 1. The van der Waals surface area contributed by atoms with Crippen LogP contribution in [0.5, 0.6) is 0 Å². The molecule has 0 bridgehead atoms. The summed E-state index contributed by atoms with van der Waals surface area (Å²) in [5.74, 6) is -2.75. The van der Waals surface area contributed by atoms with Crippen molar-refractivity contribution in [3.8, 4) is 0 Å². The monoisotopic (exact) mass is 261 g/mol. The Morgan fingerprint density at radius 2 is 1.89 bits per heavy atom. The van der Waals surface area contributed by atoms with Crippen molar-refractivity contribution in [2.24, 2.45) is 0 Å². The van der Waals surface area contributed by atoms with Crippen molar-refractivity contribution in [2.45, 2.75) is 0 Å². The lowest BCUT2D eigenvalue weighted by molar-refractivity contribution is 0.0547. The van der Waals surface area contributed by atoms with E-state index >= 15 is 0 Å². The first-order valence-electron chi connectivity index (χ1n) is 5.24. The molecule has 0 spiro atoms. The van der Waals surface area contributed by atoms with Gasteiger partial charge in [0.1, 0.15) is 0 Å². The van der Waals surface area contributed by atoms with Crippen LogP contribution in [-0.4, -0.2) is 36.1 Å². The van der Waals surface area contributed by atoms with Crippen molar-refractivity contribution < 1.29 is 24.2 Å². The molecule has 0 aliphatic carbocycles. The minimum atomic E-state index is -1.34. The van der Waals surface area contributed by atoms with Crippen molar-refractivity contribution in [1.29, 1.82) is 0 Å². The van der Waals surface area contributed by atoms with E-state index in [1.54, 1.807) is 0 Å². The first-order chi connectivity index (χ1) is 9.01. The topological polar surface area (TPSA) is 92.7 Å². The number of esters is 1. The van der Waals surface area contributed by atoms with Gasteiger partial charge >= 0.3 is 11.9 Å². The summed E-state index contributed by atoms with van der Waals surface area (Å²) in [7, 11) is 0. The van der Waals surface area contributed by atoms with E-state index in [0.717, 1.165) is 6.07 Å². The van der Waals surface area contributed by atoms with Crippen LogP contribution >= 0.6 is 0 Å². The van der Waals surface area contributed by atoms with Crippen molar-refractivity contribution in [2.75, 3.05) is 13.2 Å². The summed E-state index contributed by atoms with van der Waals surface area (Å²) in [6.45, 7) is 9.74. The average molecular weight is 261 g/mol. The highest BCUT2D eigenvalue weighted by Crippen LogP contribution is 2.13. The van der Waals surface area contributed by atoms with E-state index in [1.165, 1.54) is 12.1 Å². The molecule has 1 rings (SSSR count). The molecule has 98 valence electrons. The zero-order chi connectivity index (χ0) is 14.4. The van der Waals surface area contributed by atoms with E-state index in [9.17, 15) is 14.4 Å². The third-order valence-corrected chi connectivity index (χ3v) is 2.21. The van der Waals surface area contributed by atoms with E-state index in [-0.39, 0.29) is 29.8 Å². The Morgan fingerprint density at radius 1 is 1.21 bits per heavy atom. The number of hydrogen-bond acceptors (Lipinski definition) is 4. The van der Waals surface area contributed by atoms with Gasteiger partial charge in [-0.15, -0.1) is 0 Å².